The third-order valence-electron chi connectivity index (χ3n) is 4.79. The first kappa shape index (κ1) is 20.0. The van der Waals surface area contributed by atoms with Gasteiger partial charge < -0.3 is 10.1 Å². The van der Waals surface area contributed by atoms with Crippen LogP contribution in [0.1, 0.15) is 29.7 Å². The number of aryl methyl sites for hydroxylation is 1. The summed E-state index contributed by atoms with van der Waals surface area (Å²) in [6.07, 6.45) is 4.33. The molecule has 0 bridgehead atoms. The number of aromatic nitrogens is 1. The number of ether oxygens (including phenoxy) is 1. The van der Waals surface area contributed by atoms with E-state index in [1.807, 2.05) is 24.3 Å². The molecule has 1 fully saturated rings. The maximum absolute atomic E-state index is 12.0. The minimum atomic E-state index is -0.704. The van der Waals surface area contributed by atoms with Crippen molar-refractivity contribution in [2.45, 2.75) is 35.8 Å². The molecule has 7 heteroatoms. The molecule has 4 rings (SSSR count). The summed E-state index contributed by atoms with van der Waals surface area (Å²) < 4.78 is 5.88. The Labute approximate surface area is 179 Å². The van der Waals surface area contributed by atoms with Crippen LogP contribution in [0.25, 0.3) is 0 Å². The number of benzene rings is 2. The van der Waals surface area contributed by atoms with Gasteiger partial charge in [0, 0.05) is 27.7 Å². The number of carbonyl (C=O) groups excluding carboxylic acids is 2. The van der Waals surface area contributed by atoms with Crippen LogP contribution in [-0.4, -0.2) is 16.9 Å². The fraction of sp³-hybridized carbons (Fsp3) is 0.174. The van der Waals surface area contributed by atoms with E-state index in [0.29, 0.717) is 12.2 Å². The zero-order chi connectivity index (χ0) is 20.9. The van der Waals surface area contributed by atoms with Gasteiger partial charge in [0.25, 0.3) is 5.91 Å². The molecule has 2 aromatic carbocycles. The van der Waals surface area contributed by atoms with E-state index in [4.69, 9.17) is 4.74 Å². The van der Waals surface area contributed by atoms with Gasteiger partial charge in [-0.05, 0) is 47.9 Å². The zero-order valence-corrected chi connectivity index (χ0v) is 17.2. The molecule has 3 amide bonds. The Kier molecular flexibility index (Phi) is 5.99. The fourth-order valence-corrected chi connectivity index (χ4v) is 4.06. The second-order valence-corrected chi connectivity index (χ2v) is 7.96. The number of hydrogen-bond acceptors (Lipinski definition) is 5. The molecular formula is C23H21N3O3S. The molecule has 1 aliphatic heterocycles. The molecule has 0 radical (unpaired) electrons. The third-order valence-corrected chi connectivity index (χ3v) is 5.86. The van der Waals surface area contributed by atoms with Crippen LogP contribution in [0.5, 0.6) is 5.75 Å². The van der Waals surface area contributed by atoms with Crippen molar-refractivity contribution in [2.24, 2.45) is 0 Å². The second-order valence-electron chi connectivity index (χ2n) is 6.84. The molecule has 3 aromatic rings. The topological polar surface area (TPSA) is 80.3 Å². The van der Waals surface area contributed by atoms with Crippen LogP contribution in [0.3, 0.4) is 0 Å². The van der Waals surface area contributed by atoms with Gasteiger partial charge in [-0.2, -0.15) is 0 Å². The molecule has 1 aromatic heterocycles. The summed E-state index contributed by atoms with van der Waals surface area (Å²) in [6.45, 7) is 2.65. The summed E-state index contributed by atoms with van der Waals surface area (Å²) in [5, 5.41) is 4.90. The van der Waals surface area contributed by atoms with E-state index in [0.717, 1.165) is 27.5 Å². The maximum Gasteiger partial charge on any atom is 0.322 e. The van der Waals surface area contributed by atoms with Crippen LogP contribution in [0.4, 0.5) is 4.79 Å². The van der Waals surface area contributed by atoms with Crippen LogP contribution < -0.4 is 15.4 Å². The van der Waals surface area contributed by atoms with E-state index in [1.165, 1.54) is 17.3 Å². The van der Waals surface area contributed by atoms with Crippen LogP contribution in [0.2, 0.25) is 0 Å². The van der Waals surface area contributed by atoms with Crippen LogP contribution >= 0.6 is 11.8 Å². The van der Waals surface area contributed by atoms with E-state index in [9.17, 15) is 9.59 Å². The number of rotatable bonds is 7. The molecule has 0 saturated carbocycles. The molecule has 2 N–H and O–H groups in total. The quantitative estimate of drug-likeness (QED) is 0.560. The third kappa shape index (κ3) is 4.63. The molecule has 1 aliphatic rings. The monoisotopic (exact) mass is 419 g/mol. The van der Waals surface area contributed by atoms with Gasteiger partial charge in [0.1, 0.15) is 18.4 Å². The van der Waals surface area contributed by atoms with Crippen LogP contribution in [0, 0.1) is 0 Å². The van der Waals surface area contributed by atoms with Gasteiger partial charge in [-0.1, -0.05) is 43.0 Å². The van der Waals surface area contributed by atoms with Crippen molar-refractivity contribution >= 4 is 23.7 Å². The van der Waals surface area contributed by atoms with Gasteiger partial charge in [0.15, 0.2) is 0 Å². The SMILES string of the molecule is CCc1ccc(COc2ccc(Sc3cnccc3C3NC(=O)NC3=O)cc2)cc1. The van der Waals surface area contributed by atoms with Gasteiger partial charge in [0.05, 0.1) is 0 Å². The standard InChI is InChI=1S/C23H21N3O3S/c1-2-15-3-5-16(6-4-15)14-29-17-7-9-18(10-8-17)30-20-13-24-12-11-19(20)21-22(27)26-23(28)25-21/h3-13,21H,2,14H2,1H3,(H2,25,26,27,28). The van der Waals surface area contributed by atoms with E-state index in [-0.39, 0.29) is 5.91 Å². The van der Waals surface area contributed by atoms with Gasteiger partial charge in [0.2, 0.25) is 0 Å². The van der Waals surface area contributed by atoms with Crippen molar-refractivity contribution in [3.8, 4) is 5.75 Å². The maximum atomic E-state index is 12.0. The Hall–Kier alpha value is -3.32. The number of carbonyl (C=O) groups is 2. The molecule has 1 atom stereocenters. The highest BCUT2D eigenvalue weighted by Gasteiger charge is 2.32. The lowest BCUT2D eigenvalue weighted by atomic mass is 10.1. The highest BCUT2D eigenvalue weighted by molar-refractivity contribution is 7.99. The highest BCUT2D eigenvalue weighted by Crippen LogP contribution is 2.34. The summed E-state index contributed by atoms with van der Waals surface area (Å²) in [6, 6.07) is 16.7. The Morgan fingerprint density at radius 2 is 1.73 bits per heavy atom. The number of nitrogens with zero attached hydrogens (tertiary/aromatic N) is 1. The van der Waals surface area contributed by atoms with E-state index in [2.05, 4.69) is 46.8 Å². The number of urea groups is 1. The normalized spacial score (nSPS) is 15.6. The first-order chi connectivity index (χ1) is 14.6. The molecule has 6 nitrogen and oxygen atoms in total. The first-order valence-corrected chi connectivity index (χ1v) is 10.5. The number of nitrogens with one attached hydrogen (secondary N) is 2. The lowest BCUT2D eigenvalue weighted by Gasteiger charge is -2.13. The van der Waals surface area contributed by atoms with E-state index in [1.54, 1.807) is 18.5 Å². The van der Waals surface area contributed by atoms with E-state index < -0.39 is 12.1 Å². The summed E-state index contributed by atoms with van der Waals surface area (Å²) >= 11 is 1.48. The lowest BCUT2D eigenvalue weighted by Crippen LogP contribution is -2.22. The average molecular weight is 420 g/mol. The lowest BCUT2D eigenvalue weighted by molar-refractivity contribution is -0.120. The fourth-order valence-electron chi connectivity index (χ4n) is 3.12. The van der Waals surface area contributed by atoms with Crippen LogP contribution in [0.15, 0.2) is 76.8 Å². The summed E-state index contributed by atoms with van der Waals surface area (Å²) in [5.41, 5.74) is 3.15. The van der Waals surface area contributed by atoms with Crippen molar-refractivity contribution in [1.82, 2.24) is 15.6 Å². The number of pyridine rings is 1. The van der Waals surface area contributed by atoms with Crippen molar-refractivity contribution in [1.29, 1.82) is 0 Å². The first-order valence-electron chi connectivity index (χ1n) is 9.66. The predicted molar refractivity (Wildman–Crippen MR) is 114 cm³/mol. The van der Waals surface area contributed by atoms with Gasteiger partial charge in [-0.15, -0.1) is 0 Å². The molecule has 152 valence electrons. The Morgan fingerprint density at radius 1 is 1.00 bits per heavy atom. The van der Waals surface area contributed by atoms with Crippen molar-refractivity contribution in [3.63, 3.8) is 0 Å². The molecule has 2 heterocycles. The smallest absolute Gasteiger partial charge is 0.322 e. The molecule has 30 heavy (non-hydrogen) atoms. The van der Waals surface area contributed by atoms with E-state index >= 15 is 0 Å². The summed E-state index contributed by atoms with van der Waals surface area (Å²) in [4.78, 5) is 29.4. The van der Waals surface area contributed by atoms with Gasteiger partial charge in [-0.25, -0.2) is 4.79 Å². The van der Waals surface area contributed by atoms with Crippen molar-refractivity contribution in [3.05, 3.63) is 83.7 Å². The summed E-state index contributed by atoms with van der Waals surface area (Å²) in [7, 11) is 0. The molecule has 0 spiro atoms. The number of imide groups is 1. The minimum Gasteiger partial charge on any atom is -0.489 e. The summed E-state index contributed by atoms with van der Waals surface area (Å²) in [5.74, 6) is 0.427. The molecule has 1 saturated heterocycles. The average Bonchev–Trinajstić information content (AvgIpc) is 3.11. The number of amides is 3. The van der Waals surface area contributed by atoms with Crippen molar-refractivity contribution in [2.75, 3.05) is 0 Å². The Morgan fingerprint density at radius 3 is 2.40 bits per heavy atom. The predicted octanol–water partition coefficient (Wildman–Crippen LogP) is 4.25. The zero-order valence-electron chi connectivity index (χ0n) is 16.4. The second kappa shape index (κ2) is 9.00. The largest absolute Gasteiger partial charge is 0.489 e. The van der Waals surface area contributed by atoms with Gasteiger partial charge in [-0.3, -0.25) is 15.1 Å². The Bertz CT molecular complexity index is 1050. The number of hydrogen-bond donors (Lipinski definition) is 2. The van der Waals surface area contributed by atoms with Crippen LogP contribution in [-0.2, 0) is 17.8 Å². The molecule has 0 aliphatic carbocycles. The van der Waals surface area contributed by atoms with Crippen molar-refractivity contribution < 1.29 is 14.3 Å². The highest BCUT2D eigenvalue weighted by atomic mass is 32.2. The molecular weight excluding hydrogens is 398 g/mol. The van der Waals surface area contributed by atoms with Gasteiger partial charge >= 0.3 is 6.03 Å². The Balaban J connectivity index is 1.41. The molecule has 1 unspecified atom stereocenters. The minimum absolute atomic E-state index is 0.358.